The van der Waals surface area contributed by atoms with E-state index in [1.807, 2.05) is 0 Å². The average molecular weight is 416 g/mol. The van der Waals surface area contributed by atoms with E-state index in [0.29, 0.717) is 33.8 Å². The van der Waals surface area contributed by atoms with Crippen LogP contribution in [0.25, 0.3) is 11.1 Å². The van der Waals surface area contributed by atoms with E-state index in [1.165, 1.54) is 13.2 Å². The lowest BCUT2D eigenvalue weighted by atomic mass is 9.95. The molecule has 0 aliphatic rings. The number of carboxylic acid groups (broad SMARTS) is 1. The number of carbonyl (C=O) groups is 1. The summed E-state index contributed by atoms with van der Waals surface area (Å²) in [5.74, 6) is -0.0662. The number of carboxylic acids is 1. The Morgan fingerprint density at radius 1 is 0.967 bits per heavy atom. The second-order valence-electron chi connectivity index (χ2n) is 6.58. The average Bonchev–Trinajstić information content (AvgIpc) is 2.71. The van der Waals surface area contributed by atoms with Crippen molar-refractivity contribution in [1.29, 1.82) is 0 Å². The molecule has 0 fully saturated rings. The number of ether oxygens (including phenoxy) is 2. The Morgan fingerprint density at radius 3 is 2.33 bits per heavy atom. The minimum atomic E-state index is -4.50. The second kappa shape index (κ2) is 8.90. The van der Waals surface area contributed by atoms with Gasteiger partial charge in [-0.25, -0.2) is 0 Å². The standard InChI is InChI=1S/C23H19F3O4/c1-29-21-10-7-15(12-22(27)28)11-20(21)19-9-8-17(23(24,25)26)13-16(19)14-30-18-5-3-2-4-6-18/h2-11,13H,12,14H2,1H3,(H,27,28). The molecule has 0 spiro atoms. The maximum atomic E-state index is 13.3. The number of rotatable bonds is 7. The number of benzene rings is 3. The zero-order valence-electron chi connectivity index (χ0n) is 16.1. The first-order valence-corrected chi connectivity index (χ1v) is 9.05. The van der Waals surface area contributed by atoms with Gasteiger partial charge < -0.3 is 14.6 Å². The Bertz CT molecular complexity index is 1030. The van der Waals surface area contributed by atoms with Gasteiger partial charge in [0.05, 0.1) is 19.1 Å². The van der Waals surface area contributed by atoms with Crippen LogP contribution in [0, 0.1) is 0 Å². The van der Waals surface area contributed by atoms with E-state index < -0.39 is 17.7 Å². The van der Waals surface area contributed by atoms with Gasteiger partial charge in [0, 0.05) is 5.56 Å². The number of para-hydroxylation sites is 1. The van der Waals surface area contributed by atoms with Crippen LogP contribution in [-0.2, 0) is 24.0 Å². The van der Waals surface area contributed by atoms with Crippen molar-refractivity contribution in [3.63, 3.8) is 0 Å². The van der Waals surface area contributed by atoms with Gasteiger partial charge in [-0.15, -0.1) is 0 Å². The largest absolute Gasteiger partial charge is 0.496 e. The summed E-state index contributed by atoms with van der Waals surface area (Å²) >= 11 is 0. The molecule has 1 N–H and O–H groups in total. The molecule has 3 aromatic carbocycles. The topological polar surface area (TPSA) is 55.8 Å². The van der Waals surface area contributed by atoms with Crippen LogP contribution in [0.4, 0.5) is 13.2 Å². The van der Waals surface area contributed by atoms with Gasteiger partial charge in [-0.1, -0.05) is 30.3 Å². The summed E-state index contributed by atoms with van der Waals surface area (Å²) in [6.45, 7) is -0.102. The molecule has 0 unspecified atom stereocenters. The molecule has 0 saturated heterocycles. The minimum absolute atomic E-state index is 0.102. The van der Waals surface area contributed by atoms with Crippen LogP contribution < -0.4 is 9.47 Å². The molecule has 7 heteroatoms. The molecular weight excluding hydrogens is 397 g/mol. The van der Waals surface area contributed by atoms with Gasteiger partial charge in [-0.3, -0.25) is 4.79 Å². The van der Waals surface area contributed by atoms with Gasteiger partial charge in [-0.05, 0) is 53.1 Å². The number of aliphatic carboxylic acids is 1. The summed E-state index contributed by atoms with van der Waals surface area (Å²) in [4.78, 5) is 11.1. The van der Waals surface area contributed by atoms with Gasteiger partial charge >= 0.3 is 12.1 Å². The lowest BCUT2D eigenvalue weighted by molar-refractivity contribution is -0.138. The number of methoxy groups -OCH3 is 1. The third kappa shape index (κ3) is 5.11. The minimum Gasteiger partial charge on any atom is -0.496 e. The Balaban J connectivity index is 2.07. The van der Waals surface area contributed by atoms with Crippen molar-refractivity contribution in [1.82, 2.24) is 0 Å². The van der Waals surface area contributed by atoms with Crippen molar-refractivity contribution in [2.24, 2.45) is 0 Å². The number of hydrogen-bond acceptors (Lipinski definition) is 3. The van der Waals surface area contributed by atoms with Crippen molar-refractivity contribution in [3.05, 3.63) is 83.4 Å². The summed E-state index contributed by atoms with van der Waals surface area (Å²) in [5.41, 5.74) is 0.991. The quantitative estimate of drug-likeness (QED) is 0.546. The predicted octanol–water partition coefficient (Wildman–Crippen LogP) is 5.59. The molecule has 0 aromatic heterocycles. The van der Waals surface area contributed by atoms with Crippen molar-refractivity contribution < 1.29 is 32.5 Å². The molecule has 3 aromatic rings. The molecule has 0 bridgehead atoms. The van der Waals surface area contributed by atoms with Crippen molar-refractivity contribution in [2.45, 2.75) is 19.2 Å². The van der Waals surface area contributed by atoms with E-state index in [4.69, 9.17) is 14.6 Å². The first kappa shape index (κ1) is 21.2. The third-order valence-corrected chi connectivity index (χ3v) is 4.48. The van der Waals surface area contributed by atoms with Gasteiger partial charge in [0.1, 0.15) is 18.1 Å². The molecule has 0 aliphatic carbocycles. The highest BCUT2D eigenvalue weighted by molar-refractivity contribution is 5.77. The normalized spacial score (nSPS) is 11.2. The van der Waals surface area contributed by atoms with E-state index >= 15 is 0 Å². The van der Waals surface area contributed by atoms with E-state index in [9.17, 15) is 18.0 Å². The summed E-state index contributed by atoms with van der Waals surface area (Å²) in [5, 5.41) is 9.07. The molecule has 0 aliphatic heterocycles. The van der Waals surface area contributed by atoms with Crippen molar-refractivity contribution in [2.75, 3.05) is 7.11 Å². The highest BCUT2D eigenvalue weighted by Gasteiger charge is 2.31. The van der Waals surface area contributed by atoms with Gasteiger partial charge in [0.15, 0.2) is 0 Å². The first-order chi connectivity index (χ1) is 14.3. The van der Waals surface area contributed by atoms with Crippen LogP contribution in [0.2, 0.25) is 0 Å². The van der Waals surface area contributed by atoms with Gasteiger partial charge in [-0.2, -0.15) is 13.2 Å². The van der Waals surface area contributed by atoms with Gasteiger partial charge in [0.25, 0.3) is 0 Å². The number of halogens is 3. The van der Waals surface area contributed by atoms with E-state index in [2.05, 4.69) is 0 Å². The summed E-state index contributed by atoms with van der Waals surface area (Å²) in [7, 11) is 1.44. The Morgan fingerprint density at radius 2 is 1.70 bits per heavy atom. The highest BCUT2D eigenvalue weighted by atomic mass is 19.4. The molecule has 0 amide bonds. The molecule has 0 heterocycles. The summed E-state index contributed by atoms with van der Waals surface area (Å²) < 4.78 is 50.9. The fourth-order valence-corrected chi connectivity index (χ4v) is 3.08. The molecule has 0 atom stereocenters. The third-order valence-electron chi connectivity index (χ3n) is 4.48. The number of hydrogen-bond donors (Lipinski definition) is 1. The van der Waals surface area contributed by atoms with Crippen LogP contribution in [0.1, 0.15) is 16.7 Å². The number of alkyl halides is 3. The monoisotopic (exact) mass is 416 g/mol. The van der Waals surface area contributed by atoms with Crippen LogP contribution in [0.3, 0.4) is 0 Å². The van der Waals surface area contributed by atoms with Crippen LogP contribution in [0.15, 0.2) is 66.7 Å². The van der Waals surface area contributed by atoms with Crippen LogP contribution in [0.5, 0.6) is 11.5 Å². The Labute approximate surface area is 171 Å². The Kier molecular flexibility index (Phi) is 6.30. The predicted molar refractivity (Wildman–Crippen MR) is 106 cm³/mol. The van der Waals surface area contributed by atoms with Crippen LogP contribution >= 0.6 is 0 Å². The molecule has 3 rings (SSSR count). The maximum Gasteiger partial charge on any atom is 0.416 e. The highest BCUT2D eigenvalue weighted by Crippen LogP contribution is 2.37. The van der Waals surface area contributed by atoms with E-state index in [1.54, 1.807) is 48.5 Å². The second-order valence-corrected chi connectivity index (χ2v) is 6.58. The molecule has 30 heavy (non-hydrogen) atoms. The van der Waals surface area contributed by atoms with Crippen LogP contribution in [-0.4, -0.2) is 18.2 Å². The molecule has 0 radical (unpaired) electrons. The summed E-state index contributed by atoms with van der Waals surface area (Å²) in [6, 6.07) is 17.0. The zero-order valence-corrected chi connectivity index (χ0v) is 16.1. The van der Waals surface area contributed by atoms with E-state index in [-0.39, 0.29) is 13.0 Å². The lowest BCUT2D eigenvalue weighted by Crippen LogP contribution is -2.08. The molecule has 156 valence electrons. The fraction of sp³-hybridized carbons (Fsp3) is 0.174. The summed E-state index contributed by atoms with van der Waals surface area (Å²) in [6.07, 6.45) is -4.72. The molecule has 4 nitrogen and oxygen atoms in total. The lowest BCUT2D eigenvalue weighted by Gasteiger charge is -2.17. The molecule has 0 saturated carbocycles. The van der Waals surface area contributed by atoms with Crippen molar-refractivity contribution >= 4 is 5.97 Å². The SMILES string of the molecule is COc1ccc(CC(=O)O)cc1-c1ccc(C(F)(F)F)cc1COc1ccccc1. The smallest absolute Gasteiger partial charge is 0.416 e. The van der Waals surface area contributed by atoms with Gasteiger partial charge in [0.2, 0.25) is 0 Å². The van der Waals surface area contributed by atoms with Crippen molar-refractivity contribution in [3.8, 4) is 22.6 Å². The maximum absolute atomic E-state index is 13.3. The Hall–Kier alpha value is -3.48. The van der Waals surface area contributed by atoms with E-state index in [0.717, 1.165) is 12.1 Å². The fourth-order valence-electron chi connectivity index (χ4n) is 3.08. The zero-order chi connectivity index (χ0) is 21.7. The molecular formula is C23H19F3O4. The first-order valence-electron chi connectivity index (χ1n) is 9.05.